The van der Waals surface area contributed by atoms with E-state index in [1.807, 2.05) is 18.2 Å². The van der Waals surface area contributed by atoms with Crippen molar-refractivity contribution in [2.24, 2.45) is 5.92 Å². The molecule has 1 fully saturated rings. The molecule has 104 valence electrons. The molecule has 1 aromatic rings. The SMILES string of the molecule is CC(=O)Nc1ccc(NCC2CCNCC2)cc1Cl. The quantitative estimate of drug-likeness (QED) is 0.795. The summed E-state index contributed by atoms with van der Waals surface area (Å²) in [4.78, 5) is 11.0. The van der Waals surface area contributed by atoms with E-state index in [1.165, 1.54) is 19.8 Å². The van der Waals surface area contributed by atoms with Gasteiger partial charge in [-0.15, -0.1) is 0 Å². The van der Waals surface area contributed by atoms with E-state index in [9.17, 15) is 4.79 Å². The standard InChI is InChI=1S/C14H20ClN3O/c1-10(19)18-14-3-2-12(8-13(14)15)17-9-11-4-6-16-7-5-11/h2-3,8,11,16-17H,4-7,9H2,1H3,(H,18,19). The van der Waals surface area contributed by atoms with Crippen LogP contribution in [0.1, 0.15) is 19.8 Å². The fourth-order valence-corrected chi connectivity index (χ4v) is 2.49. The lowest BCUT2D eigenvalue weighted by molar-refractivity contribution is -0.114. The first-order valence-corrected chi connectivity index (χ1v) is 7.04. The molecule has 0 aliphatic carbocycles. The minimum atomic E-state index is -0.114. The first kappa shape index (κ1) is 14.2. The molecule has 4 nitrogen and oxygen atoms in total. The second kappa shape index (κ2) is 6.78. The van der Waals surface area contributed by atoms with Gasteiger partial charge in [0, 0.05) is 19.2 Å². The van der Waals surface area contributed by atoms with Gasteiger partial charge in [-0.2, -0.15) is 0 Å². The molecule has 1 heterocycles. The normalized spacial score (nSPS) is 16.1. The number of hydrogen-bond donors (Lipinski definition) is 3. The maximum atomic E-state index is 11.0. The minimum absolute atomic E-state index is 0.114. The summed E-state index contributed by atoms with van der Waals surface area (Å²) in [6.45, 7) is 4.65. The molecule has 1 aliphatic heterocycles. The van der Waals surface area contributed by atoms with Gasteiger partial charge in [-0.25, -0.2) is 0 Å². The van der Waals surface area contributed by atoms with Gasteiger partial charge < -0.3 is 16.0 Å². The van der Waals surface area contributed by atoms with Gasteiger partial charge in [-0.1, -0.05) is 11.6 Å². The third kappa shape index (κ3) is 4.40. The molecule has 2 rings (SSSR count). The average molecular weight is 282 g/mol. The van der Waals surface area contributed by atoms with Crippen molar-refractivity contribution in [3.05, 3.63) is 23.2 Å². The van der Waals surface area contributed by atoms with Crippen LogP contribution in [0.3, 0.4) is 0 Å². The van der Waals surface area contributed by atoms with Crippen LogP contribution in [0.2, 0.25) is 5.02 Å². The van der Waals surface area contributed by atoms with Crippen LogP contribution in [-0.2, 0) is 4.79 Å². The van der Waals surface area contributed by atoms with Gasteiger partial charge in [0.1, 0.15) is 0 Å². The Balaban J connectivity index is 1.90. The van der Waals surface area contributed by atoms with Crippen molar-refractivity contribution >= 4 is 28.9 Å². The Morgan fingerprint density at radius 3 is 2.79 bits per heavy atom. The van der Waals surface area contributed by atoms with Gasteiger partial charge in [0.05, 0.1) is 10.7 Å². The molecule has 0 saturated carbocycles. The lowest BCUT2D eigenvalue weighted by Crippen LogP contribution is -2.31. The molecular formula is C14H20ClN3O. The van der Waals surface area contributed by atoms with E-state index in [4.69, 9.17) is 11.6 Å². The predicted octanol–water partition coefficient (Wildman–Crippen LogP) is 2.71. The molecule has 1 saturated heterocycles. The van der Waals surface area contributed by atoms with Gasteiger partial charge >= 0.3 is 0 Å². The van der Waals surface area contributed by atoms with Gasteiger partial charge in [-0.3, -0.25) is 4.79 Å². The third-order valence-corrected chi connectivity index (χ3v) is 3.65. The molecule has 1 aliphatic rings. The van der Waals surface area contributed by atoms with Gasteiger partial charge in [-0.05, 0) is 50.0 Å². The third-order valence-electron chi connectivity index (χ3n) is 3.33. The zero-order valence-electron chi connectivity index (χ0n) is 11.1. The van der Waals surface area contributed by atoms with Crippen molar-refractivity contribution in [3.8, 4) is 0 Å². The first-order valence-electron chi connectivity index (χ1n) is 6.67. The Kier molecular flexibility index (Phi) is 5.05. The maximum Gasteiger partial charge on any atom is 0.221 e. The monoisotopic (exact) mass is 281 g/mol. The van der Waals surface area contributed by atoms with E-state index in [0.29, 0.717) is 10.7 Å². The van der Waals surface area contributed by atoms with E-state index in [1.54, 1.807) is 0 Å². The molecule has 1 aromatic carbocycles. The second-order valence-electron chi connectivity index (χ2n) is 4.95. The molecule has 0 atom stereocenters. The molecule has 3 N–H and O–H groups in total. The fourth-order valence-electron chi connectivity index (χ4n) is 2.26. The highest BCUT2D eigenvalue weighted by molar-refractivity contribution is 6.34. The number of nitrogens with one attached hydrogen (secondary N) is 3. The minimum Gasteiger partial charge on any atom is -0.385 e. The predicted molar refractivity (Wildman–Crippen MR) is 79.8 cm³/mol. The van der Waals surface area contributed by atoms with E-state index < -0.39 is 0 Å². The van der Waals surface area contributed by atoms with Crippen molar-refractivity contribution in [2.45, 2.75) is 19.8 Å². The van der Waals surface area contributed by atoms with Crippen LogP contribution in [0, 0.1) is 5.92 Å². The second-order valence-corrected chi connectivity index (χ2v) is 5.36. The molecule has 1 amide bonds. The summed E-state index contributed by atoms with van der Waals surface area (Å²) in [6.07, 6.45) is 2.43. The van der Waals surface area contributed by atoms with Crippen LogP contribution < -0.4 is 16.0 Å². The van der Waals surface area contributed by atoms with Crippen LogP contribution in [0.4, 0.5) is 11.4 Å². The average Bonchev–Trinajstić information content (AvgIpc) is 2.40. The van der Waals surface area contributed by atoms with Gasteiger partial charge in [0.25, 0.3) is 0 Å². The highest BCUT2D eigenvalue weighted by Gasteiger charge is 2.12. The largest absolute Gasteiger partial charge is 0.385 e. The summed E-state index contributed by atoms with van der Waals surface area (Å²) < 4.78 is 0. The van der Waals surface area contributed by atoms with Crippen molar-refractivity contribution in [1.82, 2.24) is 5.32 Å². The Morgan fingerprint density at radius 1 is 1.42 bits per heavy atom. The highest BCUT2D eigenvalue weighted by atomic mass is 35.5. The van der Waals surface area contributed by atoms with Crippen LogP contribution >= 0.6 is 11.6 Å². The van der Waals surface area contributed by atoms with Crippen LogP contribution in [0.25, 0.3) is 0 Å². The molecule has 0 radical (unpaired) electrons. The number of halogens is 1. The lowest BCUT2D eigenvalue weighted by Gasteiger charge is -2.23. The van der Waals surface area contributed by atoms with E-state index >= 15 is 0 Å². The Morgan fingerprint density at radius 2 is 2.16 bits per heavy atom. The molecule has 0 aromatic heterocycles. The van der Waals surface area contributed by atoms with Crippen LogP contribution in [0.15, 0.2) is 18.2 Å². The summed E-state index contributed by atoms with van der Waals surface area (Å²) in [5.41, 5.74) is 1.65. The van der Waals surface area contributed by atoms with E-state index in [2.05, 4.69) is 16.0 Å². The number of hydrogen-bond acceptors (Lipinski definition) is 3. The summed E-state index contributed by atoms with van der Waals surface area (Å²) in [5.74, 6) is 0.604. The molecule has 19 heavy (non-hydrogen) atoms. The number of carbonyl (C=O) groups is 1. The molecule has 0 unspecified atom stereocenters. The zero-order chi connectivity index (χ0) is 13.7. The topological polar surface area (TPSA) is 53.2 Å². The number of amides is 1. The van der Waals surface area contributed by atoms with E-state index in [0.717, 1.165) is 31.2 Å². The number of rotatable bonds is 4. The van der Waals surface area contributed by atoms with Crippen molar-refractivity contribution in [2.75, 3.05) is 30.3 Å². The lowest BCUT2D eigenvalue weighted by atomic mass is 9.98. The van der Waals surface area contributed by atoms with Gasteiger partial charge in [0.2, 0.25) is 5.91 Å². The zero-order valence-corrected chi connectivity index (χ0v) is 11.9. The van der Waals surface area contributed by atoms with Crippen LogP contribution in [-0.4, -0.2) is 25.5 Å². The number of anilines is 2. The summed E-state index contributed by atoms with van der Waals surface area (Å²) in [6, 6.07) is 5.63. The number of piperidine rings is 1. The summed E-state index contributed by atoms with van der Waals surface area (Å²) in [7, 11) is 0. The first-order chi connectivity index (χ1) is 9.15. The van der Waals surface area contributed by atoms with Gasteiger partial charge in [0.15, 0.2) is 0 Å². The summed E-state index contributed by atoms with van der Waals surface area (Å²) >= 11 is 6.13. The molecule has 0 spiro atoms. The molecule has 0 bridgehead atoms. The summed E-state index contributed by atoms with van der Waals surface area (Å²) in [5, 5.41) is 10.0. The number of benzene rings is 1. The van der Waals surface area contributed by atoms with Crippen molar-refractivity contribution < 1.29 is 4.79 Å². The fraction of sp³-hybridized carbons (Fsp3) is 0.500. The Labute approximate surface area is 118 Å². The van der Waals surface area contributed by atoms with Crippen molar-refractivity contribution in [3.63, 3.8) is 0 Å². The molecule has 5 heteroatoms. The van der Waals surface area contributed by atoms with E-state index in [-0.39, 0.29) is 5.91 Å². The highest BCUT2D eigenvalue weighted by Crippen LogP contribution is 2.26. The van der Waals surface area contributed by atoms with Crippen molar-refractivity contribution in [1.29, 1.82) is 0 Å². The molecular weight excluding hydrogens is 262 g/mol. The Bertz CT molecular complexity index is 444. The van der Waals surface area contributed by atoms with Crippen LogP contribution in [0.5, 0.6) is 0 Å². The number of carbonyl (C=O) groups excluding carboxylic acids is 1. The Hall–Kier alpha value is -1.26. The maximum absolute atomic E-state index is 11.0. The smallest absolute Gasteiger partial charge is 0.221 e.